The molecule has 0 saturated carbocycles. The van der Waals surface area contributed by atoms with Gasteiger partial charge < -0.3 is 5.11 Å². The van der Waals surface area contributed by atoms with Crippen molar-refractivity contribution in [2.24, 2.45) is 0 Å². The van der Waals surface area contributed by atoms with Crippen LogP contribution >= 0.6 is 23.5 Å². The maximum Gasteiger partial charge on any atom is 0.316 e. The molecule has 0 bridgehead atoms. The van der Waals surface area contributed by atoms with Gasteiger partial charge in [0, 0.05) is 11.5 Å². The van der Waals surface area contributed by atoms with Crippen LogP contribution in [0, 0.1) is 0 Å². The van der Waals surface area contributed by atoms with Crippen LogP contribution in [0.4, 0.5) is 0 Å². The molecule has 60 valence electrons. The van der Waals surface area contributed by atoms with Crippen LogP contribution < -0.4 is 0 Å². The van der Waals surface area contributed by atoms with Gasteiger partial charge in [-0.1, -0.05) is 0 Å². The summed E-state index contributed by atoms with van der Waals surface area (Å²) in [6.07, 6.45) is 2.02. The van der Waals surface area contributed by atoms with Crippen LogP contribution in [0.5, 0.6) is 0 Å². The highest BCUT2D eigenvalue weighted by Gasteiger charge is 2.09. The molecule has 0 aromatic rings. The molecule has 4 heteroatoms. The Labute approximate surface area is 69.8 Å². The Morgan fingerprint density at radius 1 is 1.60 bits per heavy atom. The van der Waals surface area contributed by atoms with E-state index in [1.807, 2.05) is 6.26 Å². The lowest BCUT2D eigenvalue weighted by Crippen LogP contribution is -2.12. The van der Waals surface area contributed by atoms with Crippen molar-refractivity contribution in [1.29, 1.82) is 0 Å². The average molecular weight is 180 g/mol. The van der Waals surface area contributed by atoms with Crippen molar-refractivity contribution in [2.75, 3.05) is 17.8 Å². The molecule has 0 aliphatic rings. The first-order valence-electron chi connectivity index (χ1n) is 3.02. The van der Waals surface area contributed by atoms with Gasteiger partial charge in [-0.25, -0.2) is 0 Å². The summed E-state index contributed by atoms with van der Waals surface area (Å²) in [5.41, 5.74) is 0. The first-order chi connectivity index (χ1) is 4.68. The Balaban J connectivity index is 3.21. The summed E-state index contributed by atoms with van der Waals surface area (Å²) in [4.78, 5) is 10.3. The lowest BCUT2D eigenvalue weighted by atomic mass is 10.5. The Morgan fingerprint density at radius 2 is 2.20 bits per heavy atom. The topological polar surface area (TPSA) is 37.3 Å². The fourth-order valence-corrected chi connectivity index (χ4v) is 1.93. The van der Waals surface area contributed by atoms with Gasteiger partial charge in [-0.3, -0.25) is 4.79 Å². The monoisotopic (exact) mass is 180 g/mol. The molecule has 0 rings (SSSR count). The zero-order chi connectivity index (χ0) is 7.98. The minimum Gasteiger partial charge on any atom is -0.480 e. The van der Waals surface area contributed by atoms with E-state index in [1.54, 1.807) is 18.7 Å². The van der Waals surface area contributed by atoms with Crippen LogP contribution in [0.25, 0.3) is 0 Å². The SMILES string of the molecule is CSCCSC(C)C(=O)O. The van der Waals surface area contributed by atoms with Crippen molar-refractivity contribution >= 4 is 29.5 Å². The Morgan fingerprint density at radius 3 is 2.60 bits per heavy atom. The van der Waals surface area contributed by atoms with Crippen molar-refractivity contribution in [3.8, 4) is 0 Å². The standard InChI is InChI=1S/C6H12O2S2/c1-5(6(7)8)10-4-3-9-2/h5H,3-4H2,1-2H3,(H,7,8). The summed E-state index contributed by atoms with van der Waals surface area (Å²) >= 11 is 3.23. The normalized spacial score (nSPS) is 13.0. The van der Waals surface area contributed by atoms with E-state index in [1.165, 1.54) is 11.8 Å². The maximum absolute atomic E-state index is 10.3. The van der Waals surface area contributed by atoms with Crippen molar-refractivity contribution in [3.05, 3.63) is 0 Å². The zero-order valence-corrected chi connectivity index (χ0v) is 7.80. The number of hydrogen-bond donors (Lipinski definition) is 1. The summed E-state index contributed by atoms with van der Waals surface area (Å²) < 4.78 is 0. The highest BCUT2D eigenvalue weighted by atomic mass is 32.2. The van der Waals surface area contributed by atoms with Crippen LogP contribution in [0.2, 0.25) is 0 Å². The third-order valence-electron chi connectivity index (χ3n) is 1.00. The van der Waals surface area contributed by atoms with Gasteiger partial charge in [0.15, 0.2) is 0 Å². The van der Waals surface area contributed by atoms with Gasteiger partial charge >= 0.3 is 5.97 Å². The second-order valence-electron chi connectivity index (χ2n) is 1.84. The van der Waals surface area contributed by atoms with Crippen molar-refractivity contribution in [3.63, 3.8) is 0 Å². The average Bonchev–Trinajstić information content (AvgIpc) is 1.88. The summed E-state index contributed by atoms with van der Waals surface area (Å²) in [5.74, 6) is 1.24. The van der Waals surface area contributed by atoms with Crippen LogP contribution in [-0.4, -0.2) is 34.1 Å². The number of carbonyl (C=O) groups is 1. The lowest BCUT2D eigenvalue weighted by Gasteiger charge is -2.03. The summed E-state index contributed by atoms with van der Waals surface area (Å²) in [6.45, 7) is 1.72. The highest BCUT2D eigenvalue weighted by molar-refractivity contribution is 8.03. The van der Waals surface area contributed by atoms with Gasteiger partial charge in [-0.2, -0.15) is 11.8 Å². The van der Waals surface area contributed by atoms with E-state index in [4.69, 9.17) is 5.11 Å². The highest BCUT2D eigenvalue weighted by Crippen LogP contribution is 2.11. The molecule has 0 spiro atoms. The fraction of sp³-hybridized carbons (Fsp3) is 0.833. The lowest BCUT2D eigenvalue weighted by molar-refractivity contribution is -0.136. The van der Waals surface area contributed by atoms with E-state index >= 15 is 0 Å². The molecule has 0 aliphatic heterocycles. The largest absolute Gasteiger partial charge is 0.480 e. The second-order valence-corrected chi connectivity index (χ2v) is 4.28. The third kappa shape index (κ3) is 4.99. The number of carboxylic acids is 1. The van der Waals surface area contributed by atoms with Gasteiger partial charge in [0.25, 0.3) is 0 Å². The van der Waals surface area contributed by atoms with Crippen LogP contribution in [-0.2, 0) is 4.79 Å². The van der Waals surface area contributed by atoms with E-state index in [0.29, 0.717) is 0 Å². The summed E-state index contributed by atoms with van der Waals surface area (Å²) in [7, 11) is 0. The molecule has 0 aliphatic carbocycles. The van der Waals surface area contributed by atoms with E-state index in [2.05, 4.69) is 0 Å². The minimum absolute atomic E-state index is 0.257. The number of thioether (sulfide) groups is 2. The molecule has 0 aromatic heterocycles. The van der Waals surface area contributed by atoms with E-state index in [0.717, 1.165) is 11.5 Å². The molecule has 2 nitrogen and oxygen atoms in total. The van der Waals surface area contributed by atoms with Crippen molar-refractivity contribution in [1.82, 2.24) is 0 Å². The number of aliphatic carboxylic acids is 1. The van der Waals surface area contributed by atoms with Crippen LogP contribution in [0.1, 0.15) is 6.92 Å². The summed E-state index contributed by atoms with van der Waals surface area (Å²) in [5, 5.41) is 8.20. The second kappa shape index (κ2) is 5.92. The predicted molar refractivity (Wildman–Crippen MR) is 47.9 cm³/mol. The Kier molecular flexibility index (Phi) is 6.02. The van der Waals surface area contributed by atoms with Gasteiger partial charge in [-0.15, -0.1) is 11.8 Å². The van der Waals surface area contributed by atoms with Crippen molar-refractivity contribution < 1.29 is 9.90 Å². The molecule has 0 aromatic carbocycles. The van der Waals surface area contributed by atoms with Gasteiger partial charge in [-0.05, 0) is 13.2 Å². The van der Waals surface area contributed by atoms with Crippen molar-refractivity contribution in [2.45, 2.75) is 12.2 Å². The Bertz CT molecular complexity index is 106. The quantitative estimate of drug-likeness (QED) is 0.651. The molecular formula is C6H12O2S2. The van der Waals surface area contributed by atoms with Crippen LogP contribution in [0.15, 0.2) is 0 Å². The zero-order valence-electron chi connectivity index (χ0n) is 6.16. The first-order valence-corrected chi connectivity index (χ1v) is 5.46. The maximum atomic E-state index is 10.3. The molecule has 10 heavy (non-hydrogen) atoms. The fourth-order valence-electron chi connectivity index (χ4n) is 0.380. The smallest absolute Gasteiger partial charge is 0.316 e. The minimum atomic E-state index is -0.717. The van der Waals surface area contributed by atoms with E-state index in [-0.39, 0.29) is 5.25 Å². The molecular weight excluding hydrogens is 168 g/mol. The molecule has 1 unspecified atom stereocenters. The molecule has 0 amide bonds. The number of rotatable bonds is 5. The molecule has 1 N–H and O–H groups in total. The Hall–Kier alpha value is 0.170. The molecule has 0 heterocycles. The number of carboxylic acid groups (broad SMARTS) is 1. The molecule has 1 atom stereocenters. The predicted octanol–water partition coefficient (Wildman–Crippen LogP) is 1.56. The van der Waals surface area contributed by atoms with Crippen LogP contribution in [0.3, 0.4) is 0 Å². The van der Waals surface area contributed by atoms with Gasteiger partial charge in [0.2, 0.25) is 0 Å². The molecule has 0 fully saturated rings. The van der Waals surface area contributed by atoms with Gasteiger partial charge in [0.05, 0.1) is 5.25 Å². The first kappa shape index (κ1) is 10.2. The summed E-state index contributed by atoms with van der Waals surface area (Å²) in [6, 6.07) is 0. The number of hydrogen-bond acceptors (Lipinski definition) is 3. The van der Waals surface area contributed by atoms with E-state index < -0.39 is 5.97 Å². The third-order valence-corrected chi connectivity index (χ3v) is 3.02. The molecule has 0 radical (unpaired) electrons. The van der Waals surface area contributed by atoms with E-state index in [9.17, 15) is 4.79 Å². The van der Waals surface area contributed by atoms with Gasteiger partial charge in [0.1, 0.15) is 0 Å². The molecule has 0 saturated heterocycles.